The number of morpholine rings is 1. The molecular weight excluding hydrogens is 326 g/mol. The van der Waals surface area contributed by atoms with Crippen LogP contribution in [0.4, 0.5) is 0 Å². The van der Waals surface area contributed by atoms with Crippen LogP contribution >= 0.6 is 0 Å². The van der Waals surface area contributed by atoms with Crippen molar-refractivity contribution >= 4 is 11.9 Å². The zero-order valence-corrected chi connectivity index (χ0v) is 14.5. The minimum atomic E-state index is -1.03. The number of hydrogen-bond donors (Lipinski definition) is 1. The van der Waals surface area contributed by atoms with Crippen molar-refractivity contribution in [3.05, 3.63) is 28.8 Å². The summed E-state index contributed by atoms with van der Waals surface area (Å²) in [6, 6.07) is 3.50. The quantitative estimate of drug-likeness (QED) is 0.884. The van der Waals surface area contributed by atoms with Gasteiger partial charge in [0, 0.05) is 25.1 Å². The van der Waals surface area contributed by atoms with Gasteiger partial charge in [-0.3, -0.25) is 4.79 Å². The van der Waals surface area contributed by atoms with Crippen LogP contribution in [0.2, 0.25) is 0 Å². The summed E-state index contributed by atoms with van der Waals surface area (Å²) in [5.74, 6) is -0.566. The Hall–Kier alpha value is -2.12. The molecule has 1 amide bonds. The second kappa shape index (κ2) is 7.01. The predicted molar refractivity (Wildman–Crippen MR) is 89.1 cm³/mol. The zero-order valence-electron chi connectivity index (χ0n) is 14.5. The van der Waals surface area contributed by atoms with Gasteiger partial charge in [-0.1, -0.05) is 0 Å². The van der Waals surface area contributed by atoms with E-state index in [4.69, 9.17) is 19.3 Å². The maximum absolute atomic E-state index is 12.9. The molecule has 7 heteroatoms. The van der Waals surface area contributed by atoms with E-state index < -0.39 is 12.6 Å². The number of carboxylic acids is 1. The van der Waals surface area contributed by atoms with Gasteiger partial charge in [-0.05, 0) is 37.1 Å². The van der Waals surface area contributed by atoms with E-state index in [2.05, 4.69) is 0 Å². The van der Waals surface area contributed by atoms with Crippen LogP contribution in [-0.4, -0.2) is 67.0 Å². The Kier molecular flexibility index (Phi) is 4.96. The van der Waals surface area contributed by atoms with Crippen LogP contribution in [-0.2, 0) is 14.3 Å². The van der Waals surface area contributed by atoms with E-state index in [9.17, 15) is 9.59 Å². The second-order valence-corrected chi connectivity index (χ2v) is 6.68. The molecule has 1 aromatic rings. The number of nitrogens with zero attached hydrogens (tertiary/aromatic N) is 1. The van der Waals surface area contributed by atoms with Crippen molar-refractivity contribution in [2.75, 3.05) is 39.5 Å². The van der Waals surface area contributed by atoms with Crippen LogP contribution in [0.1, 0.15) is 27.9 Å². The first-order chi connectivity index (χ1) is 11.9. The van der Waals surface area contributed by atoms with Gasteiger partial charge in [0.1, 0.15) is 11.4 Å². The molecule has 0 radical (unpaired) electrons. The maximum Gasteiger partial charge on any atom is 0.341 e. The van der Waals surface area contributed by atoms with Gasteiger partial charge in [0.25, 0.3) is 5.91 Å². The molecule has 7 nitrogen and oxygen atoms in total. The fraction of sp³-hybridized carbons (Fsp3) is 0.556. The fourth-order valence-corrected chi connectivity index (χ4v) is 3.46. The molecule has 1 N–H and O–H groups in total. The van der Waals surface area contributed by atoms with E-state index in [1.165, 1.54) is 0 Å². The van der Waals surface area contributed by atoms with E-state index in [-0.39, 0.29) is 11.5 Å². The highest BCUT2D eigenvalue weighted by Gasteiger charge is 2.41. The van der Waals surface area contributed by atoms with Crippen molar-refractivity contribution < 1.29 is 28.9 Å². The predicted octanol–water partition coefficient (Wildman–Crippen LogP) is 1.40. The third-order valence-electron chi connectivity index (χ3n) is 4.65. The highest BCUT2D eigenvalue weighted by molar-refractivity contribution is 5.95. The molecule has 1 unspecified atom stereocenters. The Morgan fingerprint density at radius 2 is 2.00 bits per heavy atom. The molecule has 2 aliphatic rings. The first-order valence-electron chi connectivity index (χ1n) is 8.37. The lowest BCUT2D eigenvalue weighted by molar-refractivity contribution is -0.139. The Bertz CT molecular complexity index is 657. The first kappa shape index (κ1) is 17.7. The van der Waals surface area contributed by atoms with Gasteiger partial charge in [-0.25, -0.2) is 4.79 Å². The summed E-state index contributed by atoms with van der Waals surface area (Å²) >= 11 is 0. The minimum Gasteiger partial charge on any atom is -0.481 e. The molecule has 25 heavy (non-hydrogen) atoms. The average molecular weight is 349 g/mol. The van der Waals surface area contributed by atoms with Gasteiger partial charge in [0.05, 0.1) is 19.8 Å². The first-order valence-corrected chi connectivity index (χ1v) is 8.37. The van der Waals surface area contributed by atoms with E-state index in [0.717, 1.165) is 17.5 Å². The largest absolute Gasteiger partial charge is 0.481 e. The van der Waals surface area contributed by atoms with E-state index in [1.54, 1.807) is 12.1 Å². The summed E-state index contributed by atoms with van der Waals surface area (Å²) in [6.45, 7) is 6.00. The molecule has 2 saturated heterocycles. The van der Waals surface area contributed by atoms with Gasteiger partial charge in [0.15, 0.2) is 6.61 Å². The number of aryl methyl sites for hydroxylation is 2. The number of amides is 1. The smallest absolute Gasteiger partial charge is 0.341 e. The summed E-state index contributed by atoms with van der Waals surface area (Å²) in [4.78, 5) is 25.4. The maximum atomic E-state index is 12.9. The van der Waals surface area contributed by atoms with Gasteiger partial charge < -0.3 is 24.2 Å². The Morgan fingerprint density at radius 1 is 1.28 bits per heavy atom. The van der Waals surface area contributed by atoms with Gasteiger partial charge in [-0.15, -0.1) is 0 Å². The fourth-order valence-electron chi connectivity index (χ4n) is 3.46. The van der Waals surface area contributed by atoms with Gasteiger partial charge in [-0.2, -0.15) is 0 Å². The summed E-state index contributed by atoms with van der Waals surface area (Å²) in [7, 11) is 0. The molecular formula is C18H23NO6. The lowest BCUT2D eigenvalue weighted by Crippen LogP contribution is -2.54. The third kappa shape index (κ3) is 3.77. The topological polar surface area (TPSA) is 85.3 Å². The summed E-state index contributed by atoms with van der Waals surface area (Å²) < 4.78 is 16.6. The number of ether oxygens (including phenoxy) is 3. The number of carboxylic acid groups (broad SMARTS) is 1. The number of benzene rings is 1. The lowest BCUT2D eigenvalue weighted by Gasteiger charge is -2.39. The van der Waals surface area contributed by atoms with Crippen LogP contribution < -0.4 is 4.74 Å². The highest BCUT2D eigenvalue weighted by atomic mass is 16.6. The van der Waals surface area contributed by atoms with Crippen molar-refractivity contribution in [1.29, 1.82) is 0 Å². The molecule has 2 heterocycles. The molecule has 136 valence electrons. The summed E-state index contributed by atoms with van der Waals surface area (Å²) in [5, 5.41) is 8.76. The monoisotopic (exact) mass is 349 g/mol. The number of rotatable bonds is 4. The molecule has 1 spiro atoms. The van der Waals surface area contributed by atoms with Gasteiger partial charge in [0.2, 0.25) is 0 Å². The Labute approximate surface area is 146 Å². The van der Waals surface area contributed by atoms with Crippen molar-refractivity contribution in [3.63, 3.8) is 0 Å². The number of aliphatic carboxylic acids is 1. The van der Waals surface area contributed by atoms with Crippen molar-refractivity contribution in [2.45, 2.75) is 25.9 Å². The molecule has 2 fully saturated rings. The van der Waals surface area contributed by atoms with Gasteiger partial charge >= 0.3 is 5.97 Å². The van der Waals surface area contributed by atoms with E-state index >= 15 is 0 Å². The lowest BCUT2D eigenvalue weighted by atomic mass is 9.99. The Morgan fingerprint density at radius 3 is 2.60 bits per heavy atom. The average Bonchev–Trinajstić information content (AvgIpc) is 3.00. The van der Waals surface area contributed by atoms with Crippen molar-refractivity contribution in [2.24, 2.45) is 0 Å². The Balaban J connectivity index is 1.76. The number of carbonyl (C=O) groups is 2. The van der Waals surface area contributed by atoms with Crippen LogP contribution in [0.3, 0.4) is 0 Å². The van der Waals surface area contributed by atoms with Crippen LogP contribution in [0.15, 0.2) is 12.1 Å². The SMILES string of the molecule is Cc1cc(C(=O)N2CCOC3(CCOC3)C2)cc(C)c1OCC(=O)O. The molecule has 0 saturated carbocycles. The highest BCUT2D eigenvalue weighted by Crippen LogP contribution is 2.30. The van der Waals surface area contributed by atoms with E-state index in [0.29, 0.717) is 44.2 Å². The molecule has 0 bridgehead atoms. The zero-order chi connectivity index (χ0) is 18.0. The van der Waals surface area contributed by atoms with Crippen LogP contribution in [0, 0.1) is 13.8 Å². The summed E-state index contributed by atoms with van der Waals surface area (Å²) in [5.41, 5.74) is 1.70. The molecule has 1 atom stereocenters. The second-order valence-electron chi connectivity index (χ2n) is 6.68. The molecule has 3 rings (SSSR count). The third-order valence-corrected chi connectivity index (χ3v) is 4.65. The number of hydrogen-bond acceptors (Lipinski definition) is 5. The summed E-state index contributed by atoms with van der Waals surface area (Å²) in [6.07, 6.45) is 0.802. The minimum absolute atomic E-state index is 0.0504. The molecule has 0 aliphatic carbocycles. The van der Waals surface area contributed by atoms with Crippen LogP contribution in [0.5, 0.6) is 5.75 Å². The normalized spacial score (nSPS) is 23.0. The van der Waals surface area contributed by atoms with Crippen molar-refractivity contribution in [3.8, 4) is 5.75 Å². The molecule has 1 aromatic carbocycles. The number of carbonyl (C=O) groups excluding carboxylic acids is 1. The van der Waals surface area contributed by atoms with Crippen molar-refractivity contribution in [1.82, 2.24) is 4.90 Å². The van der Waals surface area contributed by atoms with Crippen LogP contribution in [0.25, 0.3) is 0 Å². The molecule has 2 aliphatic heterocycles. The molecule has 0 aromatic heterocycles. The van der Waals surface area contributed by atoms with E-state index in [1.807, 2.05) is 18.7 Å². The standard InChI is InChI=1S/C18H23NO6/c1-12-7-14(8-13(2)16(12)24-9-15(20)21)17(22)19-4-6-25-18(10-19)3-5-23-11-18/h7-8H,3-6,9-11H2,1-2H3,(H,20,21).